The number of aliphatic hydroxyl groups is 2. The number of ether oxygens (including phenoxy) is 4. The zero-order chi connectivity index (χ0) is 79.1. The van der Waals surface area contributed by atoms with Gasteiger partial charge in [-0.15, -0.1) is 0 Å². The Kier molecular flexibility index (Phi) is 76.8. The maximum absolute atomic E-state index is 13.4. The van der Waals surface area contributed by atoms with Gasteiger partial charge in [0.1, 0.15) is 105 Å². The fourth-order valence-electron chi connectivity index (χ4n) is 15.6. The molecule has 14 heteroatoms. The van der Waals surface area contributed by atoms with Crippen molar-refractivity contribution < 1.29 is 66.3 Å². The lowest BCUT2D eigenvalue weighted by Gasteiger charge is -2.43. The molecule has 0 aliphatic heterocycles. The maximum Gasteiger partial charge on any atom is 0.305 e. The summed E-state index contributed by atoms with van der Waals surface area (Å²) in [6.07, 6.45) is 78.6. The van der Waals surface area contributed by atoms with Crippen LogP contribution in [-0.4, -0.2) is 198 Å². The Labute approximate surface area is 671 Å². The number of quaternary nitrogens is 4. The molecular weight excluding hydrogens is 1350 g/mol. The molecule has 4 atom stereocenters. The predicted octanol–water partition coefficient (Wildman–Crippen LogP) is 24.0. The SMILES string of the molecule is CCCCCCCCCCCCCCCCCC(=O)OCC[N+](C)(CCO)CC[N+](C)(CCOC(=O)CCCCCCCCCCCCCCCCC)CC[N+](C)(CCOC(=O)CCCCCCCCCCCCCCCCC)CC[N+](C)(CCO)CCOC(=O)CCCCCCCCCCCCCCCCC. The third-order valence-electron chi connectivity index (χ3n) is 24.3. The van der Waals surface area contributed by atoms with Crippen LogP contribution in [0.3, 0.4) is 0 Å². The van der Waals surface area contributed by atoms with Crippen LogP contribution in [0.5, 0.6) is 0 Å². The number of carbonyl (C=O) groups excluding carboxylic acids is 4. The van der Waals surface area contributed by atoms with Gasteiger partial charge in [0, 0.05) is 25.7 Å². The van der Waals surface area contributed by atoms with Crippen molar-refractivity contribution in [1.29, 1.82) is 0 Å². The number of rotatable bonds is 89. The molecular formula is C94H190N4O10+4. The molecule has 2 N–H and O–H groups in total. The summed E-state index contributed by atoms with van der Waals surface area (Å²) in [7, 11) is 8.85. The van der Waals surface area contributed by atoms with Gasteiger partial charge >= 0.3 is 23.9 Å². The highest BCUT2D eigenvalue weighted by Gasteiger charge is 2.36. The summed E-state index contributed by atoms with van der Waals surface area (Å²) in [6, 6.07) is 0. The van der Waals surface area contributed by atoms with Crippen LogP contribution in [0.1, 0.15) is 439 Å². The monoisotopic (exact) mass is 1540 g/mol. The number of esters is 4. The molecule has 0 rings (SSSR count). The first-order valence-corrected chi connectivity index (χ1v) is 47.7. The normalized spacial score (nSPS) is 14.0. The lowest BCUT2D eigenvalue weighted by Crippen LogP contribution is -2.62. The maximum atomic E-state index is 13.4. The molecule has 0 aliphatic carbocycles. The van der Waals surface area contributed by atoms with Crippen LogP contribution in [0.15, 0.2) is 0 Å². The molecule has 0 saturated heterocycles. The summed E-state index contributed by atoms with van der Waals surface area (Å²) < 4.78 is 26.3. The zero-order valence-electron chi connectivity index (χ0n) is 73.9. The zero-order valence-corrected chi connectivity index (χ0v) is 73.9. The molecule has 0 fully saturated rings. The quantitative estimate of drug-likeness (QED) is 0.0261. The highest BCUT2D eigenvalue weighted by atomic mass is 16.5. The summed E-state index contributed by atoms with van der Waals surface area (Å²) in [6.45, 7) is 18.3. The standard InChI is InChI=1S/C94H190N4O10/c1-9-13-17-21-25-29-33-37-41-45-49-53-57-61-65-69-91(101)105-87-81-95(5,75-77-97(7,79-85-99)83-89-107-93(103)71-67-63-59-55-51-47-43-39-35-31-27-23-19-15-11-3)73-74-96(6,82-88-106-92(102)70-66-62-58-54-50-46-42-38-34-30-26-22-18-14-10-2)76-78-98(8,80-86-100)84-90-108-94(104)72-68-64-60-56-52-48-44-40-36-32-28-24-20-16-12-4/h99-100H,9-90H2,1-8H3/q+4. The number of aliphatic hydroxyl groups excluding tert-OH is 2. The first-order valence-electron chi connectivity index (χ1n) is 47.7. The lowest BCUT2D eigenvalue weighted by atomic mass is 10.0. The van der Waals surface area contributed by atoms with E-state index in [0.717, 1.165) is 116 Å². The second kappa shape index (κ2) is 78.5. The molecule has 0 radical (unpaired) electrons. The van der Waals surface area contributed by atoms with E-state index >= 15 is 0 Å². The van der Waals surface area contributed by atoms with E-state index in [1.165, 1.54) is 308 Å². The predicted molar refractivity (Wildman–Crippen MR) is 459 cm³/mol. The Morgan fingerprint density at radius 3 is 0.435 bits per heavy atom. The number of hydrogen-bond donors (Lipinski definition) is 2. The van der Waals surface area contributed by atoms with E-state index < -0.39 is 0 Å². The van der Waals surface area contributed by atoms with Gasteiger partial charge in [-0.1, -0.05) is 387 Å². The van der Waals surface area contributed by atoms with Crippen molar-refractivity contribution in [3.05, 3.63) is 0 Å². The molecule has 0 aromatic carbocycles. The number of unbranched alkanes of at least 4 members (excludes halogenated alkanes) is 56. The van der Waals surface area contributed by atoms with Crippen LogP contribution in [-0.2, 0) is 38.1 Å². The van der Waals surface area contributed by atoms with Crippen molar-refractivity contribution in [3.63, 3.8) is 0 Å². The Hall–Kier alpha value is -2.36. The van der Waals surface area contributed by atoms with E-state index in [0.29, 0.717) is 109 Å². The summed E-state index contributed by atoms with van der Waals surface area (Å²) in [5.41, 5.74) is 0. The minimum Gasteiger partial charge on any atom is -0.460 e. The minimum absolute atomic E-state index is 0.0148. The van der Waals surface area contributed by atoms with Gasteiger partial charge in [0.15, 0.2) is 0 Å². The van der Waals surface area contributed by atoms with Crippen LogP contribution in [0.25, 0.3) is 0 Å². The van der Waals surface area contributed by atoms with Gasteiger partial charge in [-0.05, 0) is 25.7 Å². The van der Waals surface area contributed by atoms with Gasteiger partial charge in [0.2, 0.25) is 0 Å². The Bertz CT molecular complexity index is 1820. The highest BCUT2D eigenvalue weighted by molar-refractivity contribution is 5.70. The number of hydrogen-bond acceptors (Lipinski definition) is 10. The summed E-state index contributed by atoms with van der Waals surface area (Å²) in [5.74, 6) is -0.543. The fraction of sp³-hybridized carbons (Fsp3) is 0.957. The molecule has 4 unspecified atom stereocenters. The molecule has 0 bridgehead atoms. The highest BCUT2D eigenvalue weighted by Crippen LogP contribution is 2.22. The van der Waals surface area contributed by atoms with Crippen LogP contribution in [0.2, 0.25) is 0 Å². The molecule has 108 heavy (non-hydrogen) atoms. The fourth-order valence-corrected chi connectivity index (χ4v) is 15.6. The van der Waals surface area contributed by atoms with Crippen molar-refractivity contribution in [2.45, 2.75) is 439 Å². The average Bonchev–Trinajstić information content (AvgIpc) is 0.838. The largest absolute Gasteiger partial charge is 0.460 e. The second-order valence-corrected chi connectivity index (χ2v) is 35.3. The third kappa shape index (κ3) is 72.6. The van der Waals surface area contributed by atoms with E-state index in [1.807, 2.05) is 0 Å². The van der Waals surface area contributed by atoms with E-state index in [2.05, 4.69) is 55.9 Å². The van der Waals surface area contributed by atoms with E-state index in [-0.39, 0.29) is 37.1 Å². The summed E-state index contributed by atoms with van der Waals surface area (Å²) in [4.78, 5) is 53.1. The summed E-state index contributed by atoms with van der Waals surface area (Å²) in [5, 5.41) is 21.0. The van der Waals surface area contributed by atoms with Gasteiger partial charge in [0.05, 0.1) is 41.4 Å². The van der Waals surface area contributed by atoms with Crippen LogP contribution < -0.4 is 0 Å². The molecule has 0 aromatic heterocycles. The van der Waals surface area contributed by atoms with Gasteiger partial charge in [-0.25, -0.2) is 0 Å². The Morgan fingerprint density at radius 2 is 0.306 bits per heavy atom. The molecule has 0 spiro atoms. The summed E-state index contributed by atoms with van der Waals surface area (Å²) >= 11 is 0. The smallest absolute Gasteiger partial charge is 0.305 e. The molecule has 0 aliphatic rings. The van der Waals surface area contributed by atoms with E-state index in [4.69, 9.17) is 18.9 Å². The van der Waals surface area contributed by atoms with Crippen molar-refractivity contribution in [1.82, 2.24) is 0 Å². The Balaban J connectivity index is 6.05. The minimum atomic E-state index is -0.139. The van der Waals surface area contributed by atoms with Crippen molar-refractivity contribution in [2.75, 3.05) is 146 Å². The molecule has 14 nitrogen and oxygen atoms in total. The third-order valence-corrected chi connectivity index (χ3v) is 24.3. The number of likely N-dealkylation sites (N-methyl/N-ethyl adjacent to an activating group) is 4. The lowest BCUT2D eigenvalue weighted by molar-refractivity contribution is -0.995. The van der Waals surface area contributed by atoms with Gasteiger partial charge < -0.3 is 47.1 Å². The van der Waals surface area contributed by atoms with Crippen molar-refractivity contribution >= 4 is 23.9 Å². The molecule has 642 valence electrons. The number of carbonyl (C=O) groups is 4. The second-order valence-electron chi connectivity index (χ2n) is 35.3. The van der Waals surface area contributed by atoms with Crippen LogP contribution >= 0.6 is 0 Å². The molecule has 0 amide bonds. The first-order chi connectivity index (χ1) is 52.6. The van der Waals surface area contributed by atoms with Crippen LogP contribution in [0.4, 0.5) is 0 Å². The van der Waals surface area contributed by atoms with E-state index in [1.54, 1.807) is 0 Å². The topological polar surface area (TPSA) is 146 Å². The number of nitrogens with zero attached hydrogens (tertiary/aromatic N) is 4. The average molecular weight is 1540 g/mol. The van der Waals surface area contributed by atoms with Gasteiger partial charge in [-0.3, -0.25) is 19.2 Å². The molecule has 0 saturated carbocycles. The van der Waals surface area contributed by atoms with Crippen LogP contribution in [0, 0.1) is 0 Å². The molecule has 0 heterocycles. The van der Waals surface area contributed by atoms with E-state index in [9.17, 15) is 29.4 Å². The molecule has 0 aromatic rings. The van der Waals surface area contributed by atoms with Gasteiger partial charge in [0.25, 0.3) is 0 Å². The van der Waals surface area contributed by atoms with Gasteiger partial charge in [-0.2, -0.15) is 0 Å². The Morgan fingerprint density at radius 1 is 0.185 bits per heavy atom. The first kappa shape index (κ1) is 106. The van der Waals surface area contributed by atoms with Crippen molar-refractivity contribution in [2.24, 2.45) is 0 Å². The van der Waals surface area contributed by atoms with Crippen molar-refractivity contribution in [3.8, 4) is 0 Å².